The van der Waals surface area contributed by atoms with Gasteiger partial charge in [-0.25, -0.2) is 4.98 Å². The number of benzene rings is 1. The number of amides is 1. The first kappa shape index (κ1) is 18.0. The molecule has 0 unspecified atom stereocenters. The Morgan fingerprint density at radius 1 is 1.15 bits per heavy atom. The molecular weight excluding hydrogens is 330 g/mol. The zero-order chi connectivity index (χ0) is 18.5. The van der Waals surface area contributed by atoms with E-state index in [1.165, 1.54) is 0 Å². The molecule has 26 heavy (non-hydrogen) atoms. The van der Waals surface area contributed by atoms with Crippen LogP contribution in [0.2, 0.25) is 0 Å². The van der Waals surface area contributed by atoms with Gasteiger partial charge in [-0.2, -0.15) is 0 Å². The number of carbonyl (C=O) groups excluding carboxylic acids is 1. The number of hydrogen-bond donors (Lipinski definition) is 1. The molecule has 1 aliphatic heterocycles. The van der Waals surface area contributed by atoms with E-state index in [9.17, 15) is 4.79 Å². The van der Waals surface area contributed by atoms with Gasteiger partial charge in [-0.15, -0.1) is 0 Å². The number of aromatic nitrogens is 1. The number of pyridine rings is 1. The standard InChI is InChI=1S/C20H25N3O3/c1-14-7-10-23(11-8-14)20(24)15-6-9-21-19(12-15)22-17-13-16(25-2)4-5-18(17)26-3/h4-6,9,12-14H,7-8,10-11H2,1-3H3,(H,21,22). The van der Waals surface area contributed by atoms with Gasteiger partial charge in [-0.3, -0.25) is 4.79 Å². The maximum Gasteiger partial charge on any atom is 0.254 e. The molecule has 3 rings (SSSR count). The smallest absolute Gasteiger partial charge is 0.254 e. The zero-order valence-electron chi connectivity index (χ0n) is 15.5. The molecule has 2 heterocycles. The summed E-state index contributed by atoms with van der Waals surface area (Å²) in [5.41, 5.74) is 1.37. The van der Waals surface area contributed by atoms with Crippen LogP contribution < -0.4 is 14.8 Å². The molecule has 1 fully saturated rings. The minimum Gasteiger partial charge on any atom is -0.497 e. The topological polar surface area (TPSA) is 63.7 Å². The van der Waals surface area contributed by atoms with Gasteiger partial charge in [-0.05, 0) is 43.0 Å². The van der Waals surface area contributed by atoms with Gasteiger partial charge < -0.3 is 19.7 Å². The molecule has 2 aromatic rings. The number of hydrogen-bond acceptors (Lipinski definition) is 5. The van der Waals surface area contributed by atoms with Crippen molar-refractivity contribution in [1.29, 1.82) is 0 Å². The molecule has 0 radical (unpaired) electrons. The molecule has 0 atom stereocenters. The number of piperidine rings is 1. The van der Waals surface area contributed by atoms with E-state index in [2.05, 4.69) is 17.2 Å². The molecule has 6 heteroatoms. The van der Waals surface area contributed by atoms with Crippen LogP contribution in [0.3, 0.4) is 0 Å². The Labute approximate surface area is 154 Å². The Bertz CT molecular complexity index is 771. The Morgan fingerprint density at radius 3 is 2.62 bits per heavy atom. The molecule has 0 saturated carbocycles. The minimum atomic E-state index is 0.0555. The lowest BCUT2D eigenvalue weighted by Gasteiger charge is -2.30. The molecule has 1 amide bonds. The maximum atomic E-state index is 12.8. The Hall–Kier alpha value is -2.76. The average Bonchev–Trinajstić information content (AvgIpc) is 2.68. The third kappa shape index (κ3) is 4.07. The second-order valence-electron chi connectivity index (χ2n) is 6.60. The quantitative estimate of drug-likeness (QED) is 0.886. The van der Waals surface area contributed by atoms with E-state index in [0.29, 0.717) is 28.8 Å². The van der Waals surface area contributed by atoms with Crippen LogP contribution in [0.4, 0.5) is 11.5 Å². The zero-order valence-corrected chi connectivity index (χ0v) is 15.5. The van der Waals surface area contributed by atoms with Crippen molar-refractivity contribution in [2.45, 2.75) is 19.8 Å². The number of nitrogens with zero attached hydrogens (tertiary/aromatic N) is 2. The third-order valence-corrected chi connectivity index (χ3v) is 4.75. The van der Waals surface area contributed by atoms with E-state index in [0.717, 1.165) is 31.6 Å². The number of methoxy groups -OCH3 is 2. The summed E-state index contributed by atoms with van der Waals surface area (Å²) in [5.74, 6) is 2.72. The fourth-order valence-electron chi connectivity index (χ4n) is 3.08. The molecule has 138 valence electrons. The van der Waals surface area contributed by atoms with Crippen molar-refractivity contribution < 1.29 is 14.3 Å². The minimum absolute atomic E-state index is 0.0555. The summed E-state index contributed by atoms with van der Waals surface area (Å²) >= 11 is 0. The summed E-state index contributed by atoms with van der Waals surface area (Å²) in [6.45, 7) is 3.86. The molecule has 1 saturated heterocycles. The second kappa shape index (κ2) is 8.08. The Balaban J connectivity index is 1.78. The highest BCUT2D eigenvalue weighted by molar-refractivity contribution is 5.95. The first-order valence-electron chi connectivity index (χ1n) is 8.85. The fourth-order valence-corrected chi connectivity index (χ4v) is 3.08. The molecule has 0 aliphatic carbocycles. The summed E-state index contributed by atoms with van der Waals surface area (Å²) < 4.78 is 10.6. The van der Waals surface area contributed by atoms with Crippen molar-refractivity contribution in [3.8, 4) is 11.5 Å². The molecular formula is C20H25N3O3. The summed E-state index contributed by atoms with van der Waals surface area (Å²) in [6, 6.07) is 9.02. The van der Waals surface area contributed by atoms with Crippen LogP contribution in [-0.2, 0) is 0 Å². The van der Waals surface area contributed by atoms with Crippen molar-refractivity contribution in [3.05, 3.63) is 42.1 Å². The van der Waals surface area contributed by atoms with Crippen molar-refractivity contribution >= 4 is 17.4 Å². The maximum absolute atomic E-state index is 12.8. The lowest BCUT2D eigenvalue weighted by Crippen LogP contribution is -2.37. The normalized spacial score (nSPS) is 14.8. The highest BCUT2D eigenvalue weighted by atomic mass is 16.5. The number of nitrogens with one attached hydrogen (secondary N) is 1. The van der Waals surface area contributed by atoms with E-state index < -0.39 is 0 Å². The van der Waals surface area contributed by atoms with Crippen molar-refractivity contribution in [1.82, 2.24) is 9.88 Å². The summed E-state index contributed by atoms with van der Waals surface area (Å²) in [6.07, 6.45) is 3.76. The van der Waals surface area contributed by atoms with Gasteiger partial charge in [0.1, 0.15) is 17.3 Å². The van der Waals surface area contributed by atoms with E-state index in [4.69, 9.17) is 9.47 Å². The predicted molar refractivity (Wildman–Crippen MR) is 101 cm³/mol. The van der Waals surface area contributed by atoms with E-state index in [1.54, 1.807) is 32.5 Å². The van der Waals surface area contributed by atoms with Crippen LogP contribution in [-0.4, -0.2) is 43.1 Å². The van der Waals surface area contributed by atoms with E-state index >= 15 is 0 Å². The van der Waals surface area contributed by atoms with Crippen LogP contribution in [0.1, 0.15) is 30.1 Å². The molecule has 1 aromatic heterocycles. The first-order valence-corrected chi connectivity index (χ1v) is 8.85. The number of ether oxygens (including phenoxy) is 2. The number of carbonyl (C=O) groups is 1. The Kier molecular flexibility index (Phi) is 5.61. The van der Waals surface area contributed by atoms with Crippen LogP contribution in [0, 0.1) is 5.92 Å². The van der Waals surface area contributed by atoms with E-state index in [1.807, 2.05) is 23.1 Å². The fraction of sp³-hybridized carbons (Fsp3) is 0.400. The molecule has 1 aliphatic rings. The van der Waals surface area contributed by atoms with Crippen LogP contribution in [0.5, 0.6) is 11.5 Å². The average molecular weight is 355 g/mol. The van der Waals surface area contributed by atoms with Gasteiger partial charge in [0.15, 0.2) is 0 Å². The number of rotatable bonds is 5. The van der Waals surface area contributed by atoms with Crippen molar-refractivity contribution in [2.24, 2.45) is 5.92 Å². The predicted octanol–water partition coefficient (Wildman–Crippen LogP) is 3.71. The van der Waals surface area contributed by atoms with E-state index in [-0.39, 0.29) is 5.91 Å². The summed E-state index contributed by atoms with van der Waals surface area (Å²) in [7, 11) is 3.22. The number of anilines is 2. The second-order valence-corrected chi connectivity index (χ2v) is 6.60. The van der Waals surface area contributed by atoms with Gasteiger partial charge in [0.05, 0.1) is 19.9 Å². The largest absolute Gasteiger partial charge is 0.497 e. The van der Waals surface area contributed by atoms with Crippen molar-refractivity contribution in [3.63, 3.8) is 0 Å². The molecule has 1 aromatic carbocycles. The Morgan fingerprint density at radius 2 is 1.92 bits per heavy atom. The van der Waals surface area contributed by atoms with Gasteiger partial charge in [0, 0.05) is 30.9 Å². The van der Waals surface area contributed by atoms with Crippen LogP contribution >= 0.6 is 0 Å². The number of likely N-dealkylation sites (tertiary alicyclic amines) is 1. The molecule has 1 N–H and O–H groups in total. The van der Waals surface area contributed by atoms with Gasteiger partial charge in [0.2, 0.25) is 0 Å². The highest BCUT2D eigenvalue weighted by Gasteiger charge is 2.21. The highest BCUT2D eigenvalue weighted by Crippen LogP contribution is 2.31. The molecule has 6 nitrogen and oxygen atoms in total. The third-order valence-electron chi connectivity index (χ3n) is 4.75. The molecule has 0 spiro atoms. The van der Waals surface area contributed by atoms with Gasteiger partial charge in [-0.1, -0.05) is 6.92 Å². The lowest BCUT2D eigenvalue weighted by atomic mass is 9.99. The van der Waals surface area contributed by atoms with Gasteiger partial charge in [0.25, 0.3) is 5.91 Å². The summed E-state index contributed by atoms with van der Waals surface area (Å²) in [5, 5.41) is 3.22. The molecule has 0 bridgehead atoms. The first-order chi connectivity index (χ1) is 12.6. The monoisotopic (exact) mass is 355 g/mol. The summed E-state index contributed by atoms with van der Waals surface area (Å²) in [4.78, 5) is 19.0. The lowest BCUT2D eigenvalue weighted by molar-refractivity contribution is 0.0697. The van der Waals surface area contributed by atoms with Gasteiger partial charge >= 0.3 is 0 Å². The van der Waals surface area contributed by atoms with Crippen LogP contribution in [0.15, 0.2) is 36.5 Å². The SMILES string of the molecule is COc1ccc(OC)c(Nc2cc(C(=O)N3CCC(C)CC3)ccn2)c1. The van der Waals surface area contributed by atoms with Crippen LogP contribution in [0.25, 0.3) is 0 Å². The van der Waals surface area contributed by atoms with Crippen molar-refractivity contribution in [2.75, 3.05) is 32.6 Å².